The zero-order valence-corrected chi connectivity index (χ0v) is 17.1. The molecule has 0 aliphatic carbocycles. The van der Waals surface area contributed by atoms with Crippen LogP contribution in [0, 0.1) is 5.82 Å². The highest BCUT2D eigenvalue weighted by atomic mass is 35.5. The fourth-order valence-electron chi connectivity index (χ4n) is 3.66. The normalized spacial score (nSPS) is 15.4. The van der Waals surface area contributed by atoms with Gasteiger partial charge in [-0.05, 0) is 57.5 Å². The Labute approximate surface area is 169 Å². The molecule has 1 amide bonds. The second kappa shape index (κ2) is 7.76. The summed E-state index contributed by atoms with van der Waals surface area (Å²) in [6.07, 6.45) is 3.71. The maximum atomic E-state index is 13.7. The summed E-state index contributed by atoms with van der Waals surface area (Å²) in [5.74, 6) is -1.21. The molecule has 2 aromatic rings. The van der Waals surface area contributed by atoms with Gasteiger partial charge in [0, 0.05) is 23.4 Å². The quantitative estimate of drug-likeness (QED) is 0.562. The number of hydrogen-bond donors (Lipinski definition) is 1. The molecule has 0 saturated carbocycles. The van der Waals surface area contributed by atoms with Crippen LogP contribution in [0.15, 0.2) is 47.6 Å². The van der Waals surface area contributed by atoms with Gasteiger partial charge in [0.2, 0.25) is 0 Å². The van der Waals surface area contributed by atoms with E-state index in [1.165, 1.54) is 24.4 Å². The van der Waals surface area contributed by atoms with E-state index in [9.17, 15) is 9.18 Å². The Morgan fingerprint density at radius 2 is 2.04 bits per heavy atom. The summed E-state index contributed by atoms with van der Waals surface area (Å²) in [7, 11) is 0. The predicted octanol–water partition coefficient (Wildman–Crippen LogP) is 5.26. The standard InChI is InChI=1S/C22H23ClFN3O/c1-5-27-20-11-18(23)15(10-17(20)14(2)12-22(27,3)4)13-25-26-21(28)16-8-6-7-9-19(16)24/h6-13H,5H2,1-4H3,(H,26,28)/b25-13-. The smallest absolute Gasteiger partial charge is 0.274 e. The molecule has 146 valence electrons. The molecule has 1 aliphatic rings. The zero-order chi connectivity index (χ0) is 20.5. The summed E-state index contributed by atoms with van der Waals surface area (Å²) in [5, 5.41) is 4.49. The average Bonchev–Trinajstić information content (AvgIpc) is 2.62. The fraction of sp³-hybridized carbons (Fsp3) is 0.273. The topological polar surface area (TPSA) is 44.7 Å². The first-order valence-electron chi connectivity index (χ1n) is 9.13. The van der Waals surface area contributed by atoms with Crippen LogP contribution in [-0.4, -0.2) is 24.2 Å². The molecule has 28 heavy (non-hydrogen) atoms. The van der Waals surface area contributed by atoms with Crippen LogP contribution < -0.4 is 10.3 Å². The summed E-state index contributed by atoms with van der Waals surface area (Å²) in [5.41, 5.74) is 6.18. The minimum atomic E-state index is -0.613. The number of allylic oxidation sites excluding steroid dienone is 1. The van der Waals surface area contributed by atoms with E-state index < -0.39 is 11.7 Å². The largest absolute Gasteiger partial charge is 0.363 e. The maximum absolute atomic E-state index is 13.7. The van der Waals surface area contributed by atoms with Crippen LogP contribution in [0.1, 0.15) is 49.2 Å². The molecular weight excluding hydrogens is 377 g/mol. The van der Waals surface area contributed by atoms with Gasteiger partial charge >= 0.3 is 0 Å². The van der Waals surface area contributed by atoms with Crippen LogP contribution in [0.25, 0.3) is 5.57 Å². The van der Waals surface area contributed by atoms with Crippen molar-refractivity contribution < 1.29 is 9.18 Å². The first-order chi connectivity index (χ1) is 13.2. The van der Waals surface area contributed by atoms with E-state index in [1.54, 1.807) is 6.07 Å². The van der Waals surface area contributed by atoms with E-state index in [2.05, 4.69) is 49.2 Å². The molecule has 0 fully saturated rings. The van der Waals surface area contributed by atoms with Crippen molar-refractivity contribution in [3.63, 3.8) is 0 Å². The van der Waals surface area contributed by atoms with Gasteiger partial charge in [0.25, 0.3) is 5.91 Å². The van der Waals surface area contributed by atoms with E-state index in [0.717, 1.165) is 23.4 Å². The number of benzene rings is 2. The summed E-state index contributed by atoms with van der Waals surface area (Å²) in [4.78, 5) is 14.4. The van der Waals surface area contributed by atoms with Gasteiger partial charge in [-0.3, -0.25) is 4.79 Å². The van der Waals surface area contributed by atoms with Gasteiger partial charge in [0.15, 0.2) is 0 Å². The molecule has 6 heteroatoms. The molecule has 0 bridgehead atoms. The van der Waals surface area contributed by atoms with E-state index in [0.29, 0.717) is 10.6 Å². The highest BCUT2D eigenvalue weighted by Gasteiger charge is 2.30. The molecule has 3 rings (SSSR count). The number of likely N-dealkylation sites (N-methyl/N-ethyl adjacent to an activating group) is 1. The maximum Gasteiger partial charge on any atom is 0.274 e. The number of amides is 1. The third kappa shape index (κ3) is 3.80. The lowest BCUT2D eigenvalue weighted by Crippen LogP contribution is -2.44. The Kier molecular flexibility index (Phi) is 5.57. The molecule has 2 aromatic carbocycles. The first-order valence-corrected chi connectivity index (χ1v) is 9.51. The molecule has 0 spiro atoms. The van der Waals surface area contributed by atoms with Crippen LogP contribution in [-0.2, 0) is 0 Å². The van der Waals surface area contributed by atoms with Gasteiger partial charge in [-0.25, -0.2) is 9.82 Å². The molecule has 0 atom stereocenters. The Bertz CT molecular complexity index is 982. The van der Waals surface area contributed by atoms with Gasteiger partial charge in [0.05, 0.1) is 22.3 Å². The molecule has 0 aromatic heterocycles. The number of hydrazone groups is 1. The molecule has 0 unspecified atom stereocenters. The summed E-state index contributed by atoms with van der Waals surface area (Å²) in [6, 6.07) is 9.65. The van der Waals surface area contributed by atoms with E-state index in [4.69, 9.17) is 11.6 Å². The van der Waals surface area contributed by atoms with Crippen molar-refractivity contribution in [2.45, 2.75) is 33.2 Å². The van der Waals surface area contributed by atoms with Crippen molar-refractivity contribution in [3.8, 4) is 0 Å². The van der Waals surface area contributed by atoms with Crippen molar-refractivity contribution in [2.24, 2.45) is 5.10 Å². The Balaban J connectivity index is 1.87. The average molecular weight is 400 g/mol. The molecule has 0 radical (unpaired) electrons. The first kappa shape index (κ1) is 20.1. The van der Waals surface area contributed by atoms with Crippen molar-refractivity contribution in [1.82, 2.24) is 5.43 Å². The van der Waals surface area contributed by atoms with Gasteiger partial charge in [-0.1, -0.05) is 29.8 Å². The number of fused-ring (bicyclic) bond motifs is 1. The van der Waals surface area contributed by atoms with Gasteiger partial charge in [0.1, 0.15) is 5.82 Å². The van der Waals surface area contributed by atoms with Gasteiger partial charge in [-0.15, -0.1) is 0 Å². The van der Waals surface area contributed by atoms with Crippen LogP contribution in [0.3, 0.4) is 0 Å². The number of carbonyl (C=O) groups is 1. The second-order valence-electron chi connectivity index (χ2n) is 7.30. The van der Waals surface area contributed by atoms with Crippen molar-refractivity contribution in [3.05, 3.63) is 70.0 Å². The van der Waals surface area contributed by atoms with Crippen LogP contribution >= 0.6 is 11.6 Å². The lowest BCUT2D eigenvalue weighted by molar-refractivity contribution is 0.0951. The summed E-state index contributed by atoms with van der Waals surface area (Å²) >= 11 is 6.47. The number of halogens is 2. The molecule has 4 nitrogen and oxygen atoms in total. The van der Waals surface area contributed by atoms with Crippen molar-refractivity contribution in [2.75, 3.05) is 11.4 Å². The van der Waals surface area contributed by atoms with E-state index >= 15 is 0 Å². The number of hydrogen-bond acceptors (Lipinski definition) is 3. The SMILES string of the molecule is CCN1c2cc(Cl)c(/C=N\NC(=O)c3ccccc3F)cc2C(C)=CC1(C)C. The van der Waals surface area contributed by atoms with Crippen LogP contribution in [0.5, 0.6) is 0 Å². The number of anilines is 1. The summed E-state index contributed by atoms with van der Waals surface area (Å²) in [6.45, 7) is 9.38. The molecule has 0 saturated heterocycles. The van der Waals surface area contributed by atoms with E-state index in [1.807, 2.05) is 12.1 Å². The molecule has 1 N–H and O–H groups in total. The minimum absolute atomic E-state index is 0.0595. The number of nitrogens with zero attached hydrogens (tertiary/aromatic N) is 2. The second-order valence-corrected chi connectivity index (χ2v) is 7.70. The number of carbonyl (C=O) groups excluding carboxylic acids is 1. The lowest BCUT2D eigenvalue weighted by atomic mass is 9.88. The fourth-order valence-corrected chi connectivity index (χ4v) is 3.86. The number of nitrogens with one attached hydrogen (secondary N) is 1. The Morgan fingerprint density at radius 3 is 2.71 bits per heavy atom. The van der Waals surface area contributed by atoms with Crippen LogP contribution in [0.4, 0.5) is 10.1 Å². The predicted molar refractivity (Wildman–Crippen MR) is 114 cm³/mol. The molecule has 1 aliphatic heterocycles. The minimum Gasteiger partial charge on any atom is -0.363 e. The lowest BCUT2D eigenvalue weighted by Gasteiger charge is -2.43. The Morgan fingerprint density at radius 1 is 1.32 bits per heavy atom. The van der Waals surface area contributed by atoms with Gasteiger partial charge in [-0.2, -0.15) is 5.10 Å². The van der Waals surface area contributed by atoms with Crippen LogP contribution in [0.2, 0.25) is 5.02 Å². The number of rotatable bonds is 4. The monoisotopic (exact) mass is 399 g/mol. The van der Waals surface area contributed by atoms with E-state index in [-0.39, 0.29) is 11.1 Å². The third-order valence-electron chi connectivity index (χ3n) is 4.90. The van der Waals surface area contributed by atoms with Gasteiger partial charge < -0.3 is 4.90 Å². The summed E-state index contributed by atoms with van der Waals surface area (Å²) < 4.78 is 13.7. The highest BCUT2D eigenvalue weighted by Crippen LogP contribution is 2.40. The molecule has 1 heterocycles. The van der Waals surface area contributed by atoms with Crippen molar-refractivity contribution >= 4 is 35.0 Å². The highest BCUT2D eigenvalue weighted by molar-refractivity contribution is 6.33. The Hall–Kier alpha value is -2.66. The zero-order valence-electron chi connectivity index (χ0n) is 16.4. The molecular formula is C22H23ClFN3O. The third-order valence-corrected chi connectivity index (χ3v) is 5.23. The van der Waals surface area contributed by atoms with Crippen molar-refractivity contribution in [1.29, 1.82) is 0 Å².